The lowest BCUT2D eigenvalue weighted by Crippen LogP contribution is -2.30. The summed E-state index contributed by atoms with van der Waals surface area (Å²) in [4.78, 5) is 0.815. The van der Waals surface area contributed by atoms with Crippen molar-refractivity contribution in [1.29, 1.82) is 0 Å². The van der Waals surface area contributed by atoms with Crippen LogP contribution in [0.15, 0.2) is 0 Å². The number of thiocarbonyl (C=S) groups is 1. The third-order valence-electron chi connectivity index (χ3n) is 0.539. The average molecular weight is 103 g/mol. The zero-order valence-corrected chi connectivity index (χ0v) is 3.93. The van der Waals surface area contributed by atoms with Gasteiger partial charge in [-0.05, 0) is 0 Å². The number of hydrazine groups is 2. The van der Waals surface area contributed by atoms with Crippen LogP contribution in [0, 0.1) is 0 Å². The smallest absolute Gasteiger partial charge is 0.106 e. The van der Waals surface area contributed by atoms with Crippen molar-refractivity contribution in [1.82, 2.24) is 16.4 Å². The maximum absolute atomic E-state index is 4.68. The summed E-state index contributed by atoms with van der Waals surface area (Å²) in [6, 6.07) is 0. The van der Waals surface area contributed by atoms with E-state index in [4.69, 9.17) is 0 Å². The van der Waals surface area contributed by atoms with Crippen molar-refractivity contribution in [3.63, 3.8) is 0 Å². The predicted octanol–water partition coefficient (Wildman–Crippen LogP) is -1.07. The van der Waals surface area contributed by atoms with Crippen molar-refractivity contribution in [3.05, 3.63) is 0 Å². The van der Waals surface area contributed by atoms with Crippen molar-refractivity contribution in [2.45, 2.75) is 0 Å². The van der Waals surface area contributed by atoms with Gasteiger partial charge in [-0.25, -0.2) is 5.43 Å². The number of hydrogen-bond acceptors (Lipinski definition) is 3. The van der Waals surface area contributed by atoms with Crippen LogP contribution >= 0.6 is 12.2 Å². The van der Waals surface area contributed by atoms with Crippen molar-refractivity contribution in [3.8, 4) is 0 Å². The molecule has 1 saturated heterocycles. The lowest BCUT2D eigenvalue weighted by molar-refractivity contribution is 0.609. The highest BCUT2D eigenvalue weighted by atomic mass is 32.1. The van der Waals surface area contributed by atoms with Gasteiger partial charge in [0.15, 0.2) is 0 Å². The summed E-state index contributed by atoms with van der Waals surface area (Å²) in [7, 11) is 0. The summed E-state index contributed by atoms with van der Waals surface area (Å²) in [5.74, 6) is 0. The number of rotatable bonds is 0. The minimum Gasteiger partial charge on any atom is -0.301 e. The molecule has 1 rings (SSSR count). The van der Waals surface area contributed by atoms with Gasteiger partial charge in [0.25, 0.3) is 0 Å². The van der Waals surface area contributed by atoms with Gasteiger partial charge in [0.05, 0.1) is 6.54 Å². The largest absolute Gasteiger partial charge is 0.301 e. The third kappa shape index (κ3) is 0.649. The Balaban J connectivity index is 2.37. The molecule has 0 radical (unpaired) electrons. The molecule has 1 fully saturated rings. The van der Waals surface area contributed by atoms with E-state index < -0.39 is 0 Å². The summed E-state index contributed by atoms with van der Waals surface area (Å²) in [6.07, 6.45) is 0. The Morgan fingerprint density at radius 1 is 1.67 bits per heavy atom. The molecule has 0 atom stereocenters. The van der Waals surface area contributed by atoms with Gasteiger partial charge in [0, 0.05) is 0 Å². The Labute approximate surface area is 41.0 Å². The normalized spacial score (nSPS) is 21.0. The van der Waals surface area contributed by atoms with Crippen LogP contribution in [0.4, 0.5) is 0 Å². The molecular formula is C2H5N3S. The molecule has 0 amide bonds. The Hall–Kier alpha value is -0.190. The molecule has 6 heavy (non-hydrogen) atoms. The second-order valence-electron chi connectivity index (χ2n) is 1.03. The van der Waals surface area contributed by atoms with E-state index in [-0.39, 0.29) is 0 Å². The summed E-state index contributed by atoms with van der Waals surface area (Å²) in [6.45, 7) is 0.745. The maximum Gasteiger partial charge on any atom is 0.106 e. The van der Waals surface area contributed by atoms with Gasteiger partial charge in [-0.3, -0.25) is 0 Å². The molecule has 0 unspecified atom stereocenters. The molecule has 0 aliphatic carbocycles. The van der Waals surface area contributed by atoms with Crippen molar-refractivity contribution >= 4 is 17.2 Å². The van der Waals surface area contributed by atoms with Gasteiger partial charge < -0.3 is 5.43 Å². The highest BCUT2D eigenvalue weighted by molar-refractivity contribution is 7.80. The minimum absolute atomic E-state index is 0.745. The van der Waals surface area contributed by atoms with Crippen LogP contribution in [0.1, 0.15) is 0 Å². The van der Waals surface area contributed by atoms with Crippen LogP contribution in [-0.4, -0.2) is 11.5 Å². The zero-order chi connectivity index (χ0) is 4.41. The van der Waals surface area contributed by atoms with Gasteiger partial charge in [-0.2, -0.15) is 5.53 Å². The van der Waals surface area contributed by atoms with Crippen LogP contribution in [0.2, 0.25) is 0 Å². The molecule has 1 aliphatic rings. The topological polar surface area (TPSA) is 36.1 Å². The van der Waals surface area contributed by atoms with Gasteiger partial charge in [0.2, 0.25) is 0 Å². The van der Waals surface area contributed by atoms with E-state index in [0.29, 0.717) is 0 Å². The van der Waals surface area contributed by atoms with Crippen LogP contribution in [-0.2, 0) is 0 Å². The van der Waals surface area contributed by atoms with Crippen molar-refractivity contribution < 1.29 is 0 Å². The third-order valence-corrected chi connectivity index (χ3v) is 0.786. The molecule has 4 heteroatoms. The summed E-state index contributed by atoms with van der Waals surface area (Å²) in [5.41, 5.74) is 8.09. The molecule has 0 aromatic heterocycles. The Morgan fingerprint density at radius 2 is 2.50 bits per heavy atom. The molecule has 1 aliphatic heterocycles. The van der Waals surface area contributed by atoms with Gasteiger partial charge in [-0.15, -0.1) is 0 Å². The molecule has 0 spiro atoms. The Bertz CT molecular complexity index is 63.2. The number of nitrogens with one attached hydrogen (secondary N) is 3. The van der Waals surface area contributed by atoms with Gasteiger partial charge >= 0.3 is 0 Å². The molecule has 34 valence electrons. The van der Waals surface area contributed by atoms with Crippen LogP contribution in [0.5, 0.6) is 0 Å². The van der Waals surface area contributed by atoms with Crippen molar-refractivity contribution in [2.75, 3.05) is 6.54 Å². The second kappa shape index (κ2) is 1.51. The fourth-order valence-electron chi connectivity index (χ4n) is 0.283. The van der Waals surface area contributed by atoms with E-state index >= 15 is 0 Å². The molecule has 0 bridgehead atoms. The predicted molar refractivity (Wildman–Crippen MR) is 26.9 cm³/mol. The maximum atomic E-state index is 4.68. The SMILES string of the molecule is S=C1CNNN1. The first-order valence-electron chi connectivity index (χ1n) is 1.66. The fourth-order valence-corrected chi connectivity index (χ4v) is 0.406. The average Bonchev–Trinajstić information content (AvgIpc) is 1.86. The van der Waals surface area contributed by atoms with E-state index in [0.717, 1.165) is 11.5 Å². The first-order chi connectivity index (χ1) is 2.89. The highest BCUT2D eigenvalue weighted by Crippen LogP contribution is 1.67. The molecule has 0 aromatic carbocycles. The molecule has 1 heterocycles. The summed E-state index contributed by atoms with van der Waals surface area (Å²) in [5, 5.41) is 0. The minimum atomic E-state index is 0.745. The molecule has 3 nitrogen and oxygen atoms in total. The summed E-state index contributed by atoms with van der Waals surface area (Å²) < 4.78 is 0. The van der Waals surface area contributed by atoms with Gasteiger partial charge in [-0.1, -0.05) is 12.2 Å². The molecule has 3 N–H and O–H groups in total. The fraction of sp³-hybridized carbons (Fsp3) is 0.500. The van der Waals surface area contributed by atoms with Crippen LogP contribution in [0.25, 0.3) is 0 Å². The van der Waals surface area contributed by atoms with E-state index in [1.54, 1.807) is 0 Å². The van der Waals surface area contributed by atoms with Crippen LogP contribution in [0.3, 0.4) is 0 Å². The summed E-state index contributed by atoms with van der Waals surface area (Å²) >= 11 is 4.68. The lowest BCUT2D eigenvalue weighted by Gasteiger charge is -1.85. The van der Waals surface area contributed by atoms with E-state index in [1.807, 2.05) is 0 Å². The standard InChI is InChI=1S/C2H5N3S/c6-2-1-3-5-4-2/h3,5H,1H2,(H,4,6). The highest BCUT2D eigenvalue weighted by Gasteiger charge is 1.98. The Kier molecular flexibility index (Phi) is 0.999. The second-order valence-corrected chi connectivity index (χ2v) is 1.52. The van der Waals surface area contributed by atoms with E-state index in [1.165, 1.54) is 0 Å². The molecular weight excluding hydrogens is 98.1 g/mol. The van der Waals surface area contributed by atoms with Crippen molar-refractivity contribution in [2.24, 2.45) is 0 Å². The zero-order valence-electron chi connectivity index (χ0n) is 3.12. The van der Waals surface area contributed by atoms with E-state index in [9.17, 15) is 0 Å². The monoisotopic (exact) mass is 103 g/mol. The number of hydrogen-bond donors (Lipinski definition) is 3. The van der Waals surface area contributed by atoms with Gasteiger partial charge in [0.1, 0.15) is 4.99 Å². The molecule has 0 aromatic rings. The molecule has 0 saturated carbocycles. The van der Waals surface area contributed by atoms with E-state index in [2.05, 4.69) is 28.6 Å². The lowest BCUT2D eigenvalue weighted by atomic mass is 10.7. The Morgan fingerprint density at radius 3 is 2.67 bits per heavy atom. The van der Waals surface area contributed by atoms with Crippen LogP contribution < -0.4 is 16.4 Å². The first-order valence-corrected chi connectivity index (χ1v) is 2.07. The quantitative estimate of drug-likeness (QED) is 0.341. The first kappa shape index (κ1) is 3.98.